The first-order valence-electron chi connectivity index (χ1n) is 8.99. The van der Waals surface area contributed by atoms with Gasteiger partial charge in [-0.2, -0.15) is 0 Å². The molecular weight excluding hydrogens is 362 g/mol. The second kappa shape index (κ2) is 9.05. The van der Waals surface area contributed by atoms with E-state index in [-0.39, 0.29) is 0 Å². The molecule has 1 aliphatic heterocycles. The molecule has 0 aliphatic carbocycles. The van der Waals surface area contributed by atoms with Crippen molar-refractivity contribution in [3.8, 4) is 0 Å². The third kappa shape index (κ3) is 4.90. The van der Waals surface area contributed by atoms with Crippen LogP contribution in [-0.4, -0.2) is 66.9 Å². The molecular formula is C19H25N5O2S. The molecule has 1 aromatic carbocycles. The molecule has 0 radical (unpaired) electrons. The van der Waals surface area contributed by atoms with Crippen molar-refractivity contribution in [2.45, 2.75) is 12.1 Å². The summed E-state index contributed by atoms with van der Waals surface area (Å²) < 4.78 is 5.11. The Balaban J connectivity index is 1.77. The Hall–Kier alpha value is -2.32. The van der Waals surface area contributed by atoms with E-state index in [0.717, 1.165) is 31.9 Å². The molecule has 1 aromatic heterocycles. The van der Waals surface area contributed by atoms with Crippen LogP contribution in [0.3, 0.4) is 0 Å². The van der Waals surface area contributed by atoms with E-state index >= 15 is 0 Å². The highest BCUT2D eigenvalue weighted by Gasteiger charge is 2.17. The first-order chi connectivity index (χ1) is 13.1. The van der Waals surface area contributed by atoms with Crippen LogP contribution in [0.5, 0.6) is 0 Å². The zero-order valence-corrected chi connectivity index (χ0v) is 16.8. The van der Waals surface area contributed by atoms with E-state index in [1.807, 2.05) is 18.4 Å². The summed E-state index contributed by atoms with van der Waals surface area (Å²) in [6.07, 6.45) is 3.41. The van der Waals surface area contributed by atoms with E-state index in [1.165, 1.54) is 23.6 Å². The molecule has 144 valence electrons. The molecule has 0 spiro atoms. The van der Waals surface area contributed by atoms with Gasteiger partial charge in [0, 0.05) is 43.8 Å². The van der Waals surface area contributed by atoms with Crippen LogP contribution in [0, 0.1) is 0 Å². The van der Waals surface area contributed by atoms with E-state index in [0.29, 0.717) is 23.1 Å². The Morgan fingerprint density at radius 2 is 1.93 bits per heavy atom. The molecule has 3 rings (SSSR count). The SMILES string of the molecule is CCOC(=O)c1cnc(SC)nc1Nc1ccc(N2CCN(C)CC2)cc1. The number of aromatic nitrogens is 2. The third-order valence-corrected chi connectivity index (χ3v) is 5.00. The minimum Gasteiger partial charge on any atom is -0.462 e. The minimum absolute atomic E-state index is 0.308. The number of likely N-dealkylation sites (N-methyl/N-ethyl adjacent to an activating group) is 1. The van der Waals surface area contributed by atoms with Crippen molar-refractivity contribution in [3.05, 3.63) is 36.0 Å². The van der Waals surface area contributed by atoms with Crippen LogP contribution >= 0.6 is 11.8 Å². The monoisotopic (exact) mass is 387 g/mol. The van der Waals surface area contributed by atoms with Crippen molar-refractivity contribution >= 4 is 34.9 Å². The first kappa shape index (κ1) is 19.4. The van der Waals surface area contributed by atoms with Gasteiger partial charge in [-0.25, -0.2) is 14.8 Å². The van der Waals surface area contributed by atoms with E-state index < -0.39 is 5.97 Å². The van der Waals surface area contributed by atoms with Gasteiger partial charge in [0.1, 0.15) is 11.4 Å². The summed E-state index contributed by atoms with van der Waals surface area (Å²) in [6.45, 7) is 6.28. The fraction of sp³-hybridized carbons (Fsp3) is 0.421. The number of anilines is 3. The second-order valence-electron chi connectivity index (χ2n) is 6.30. The van der Waals surface area contributed by atoms with Gasteiger partial charge < -0.3 is 19.9 Å². The molecule has 2 aromatic rings. The zero-order chi connectivity index (χ0) is 19.2. The van der Waals surface area contributed by atoms with Crippen LogP contribution in [0.25, 0.3) is 0 Å². The number of thioether (sulfide) groups is 1. The molecule has 1 N–H and O–H groups in total. The maximum Gasteiger partial charge on any atom is 0.343 e. The van der Waals surface area contributed by atoms with Crippen LogP contribution < -0.4 is 10.2 Å². The van der Waals surface area contributed by atoms with E-state index in [2.05, 4.69) is 44.3 Å². The van der Waals surface area contributed by atoms with Crippen molar-refractivity contribution in [1.29, 1.82) is 0 Å². The van der Waals surface area contributed by atoms with Crippen molar-refractivity contribution in [3.63, 3.8) is 0 Å². The number of benzene rings is 1. The van der Waals surface area contributed by atoms with Gasteiger partial charge in [0.25, 0.3) is 0 Å². The van der Waals surface area contributed by atoms with Gasteiger partial charge >= 0.3 is 5.97 Å². The fourth-order valence-electron chi connectivity index (χ4n) is 2.87. The van der Waals surface area contributed by atoms with Crippen molar-refractivity contribution in [2.24, 2.45) is 0 Å². The quantitative estimate of drug-likeness (QED) is 0.461. The molecule has 0 unspecified atom stereocenters. The number of nitrogens with zero attached hydrogens (tertiary/aromatic N) is 4. The summed E-state index contributed by atoms with van der Waals surface area (Å²) in [6, 6.07) is 8.19. The lowest BCUT2D eigenvalue weighted by molar-refractivity contribution is 0.0526. The Labute approximate surface area is 164 Å². The molecule has 1 saturated heterocycles. The smallest absolute Gasteiger partial charge is 0.343 e. The van der Waals surface area contributed by atoms with Gasteiger partial charge in [0.15, 0.2) is 5.16 Å². The maximum atomic E-state index is 12.2. The van der Waals surface area contributed by atoms with Crippen molar-refractivity contribution in [2.75, 3.05) is 56.3 Å². The van der Waals surface area contributed by atoms with Crippen LogP contribution in [0.2, 0.25) is 0 Å². The molecule has 2 heterocycles. The lowest BCUT2D eigenvalue weighted by atomic mass is 10.2. The Morgan fingerprint density at radius 1 is 1.22 bits per heavy atom. The van der Waals surface area contributed by atoms with E-state index in [1.54, 1.807) is 6.92 Å². The van der Waals surface area contributed by atoms with E-state index in [9.17, 15) is 4.79 Å². The topological polar surface area (TPSA) is 70.6 Å². The molecule has 0 amide bonds. The lowest BCUT2D eigenvalue weighted by Gasteiger charge is -2.34. The minimum atomic E-state index is -0.429. The molecule has 1 fully saturated rings. The summed E-state index contributed by atoms with van der Waals surface area (Å²) in [7, 11) is 2.15. The number of hydrogen-bond donors (Lipinski definition) is 1. The van der Waals surface area contributed by atoms with Crippen molar-refractivity contribution in [1.82, 2.24) is 14.9 Å². The van der Waals surface area contributed by atoms with Crippen LogP contribution in [0.1, 0.15) is 17.3 Å². The molecule has 0 saturated carbocycles. The highest BCUT2D eigenvalue weighted by atomic mass is 32.2. The Morgan fingerprint density at radius 3 is 2.56 bits per heavy atom. The Bertz CT molecular complexity index is 776. The normalized spacial score (nSPS) is 14.9. The standard InChI is InChI=1S/C19H25N5O2S/c1-4-26-18(25)16-13-20-19(27-3)22-17(16)21-14-5-7-15(8-6-14)24-11-9-23(2)10-12-24/h5-8,13H,4,9-12H2,1-3H3,(H,20,21,22). The van der Waals surface area contributed by atoms with Gasteiger partial charge in [-0.15, -0.1) is 0 Å². The zero-order valence-electron chi connectivity index (χ0n) is 15.9. The van der Waals surface area contributed by atoms with Gasteiger partial charge in [0.05, 0.1) is 6.61 Å². The number of ether oxygens (including phenoxy) is 1. The van der Waals surface area contributed by atoms with Gasteiger partial charge in [-0.1, -0.05) is 11.8 Å². The molecule has 1 aliphatic rings. The van der Waals surface area contributed by atoms with Crippen LogP contribution in [0.4, 0.5) is 17.2 Å². The highest BCUT2D eigenvalue weighted by molar-refractivity contribution is 7.98. The van der Waals surface area contributed by atoms with Crippen LogP contribution in [0.15, 0.2) is 35.6 Å². The third-order valence-electron chi connectivity index (χ3n) is 4.44. The predicted molar refractivity (Wildman–Crippen MR) is 109 cm³/mol. The summed E-state index contributed by atoms with van der Waals surface area (Å²) in [5.41, 5.74) is 2.40. The molecule has 8 heteroatoms. The number of hydrogen-bond acceptors (Lipinski definition) is 8. The number of carbonyl (C=O) groups is 1. The fourth-order valence-corrected chi connectivity index (χ4v) is 3.22. The molecule has 0 bridgehead atoms. The largest absolute Gasteiger partial charge is 0.462 e. The summed E-state index contributed by atoms with van der Waals surface area (Å²) in [5, 5.41) is 3.83. The average Bonchev–Trinajstić information content (AvgIpc) is 2.69. The number of piperazine rings is 1. The summed E-state index contributed by atoms with van der Waals surface area (Å²) >= 11 is 1.42. The predicted octanol–water partition coefficient (Wildman–Crippen LogP) is 2.87. The molecule has 27 heavy (non-hydrogen) atoms. The summed E-state index contributed by atoms with van der Waals surface area (Å²) in [5.74, 6) is 0.0295. The maximum absolute atomic E-state index is 12.2. The Kier molecular flexibility index (Phi) is 6.52. The number of nitrogens with one attached hydrogen (secondary N) is 1. The number of carbonyl (C=O) groups excluding carboxylic acids is 1. The second-order valence-corrected chi connectivity index (χ2v) is 7.08. The lowest BCUT2D eigenvalue weighted by Crippen LogP contribution is -2.44. The van der Waals surface area contributed by atoms with Crippen LogP contribution in [-0.2, 0) is 4.74 Å². The number of rotatable bonds is 6. The van der Waals surface area contributed by atoms with Crippen molar-refractivity contribution < 1.29 is 9.53 Å². The van der Waals surface area contributed by atoms with E-state index in [4.69, 9.17) is 4.74 Å². The number of esters is 1. The summed E-state index contributed by atoms with van der Waals surface area (Å²) in [4.78, 5) is 25.5. The van der Waals surface area contributed by atoms with Gasteiger partial charge in [-0.05, 0) is 44.5 Å². The average molecular weight is 388 g/mol. The molecule has 0 atom stereocenters. The first-order valence-corrected chi connectivity index (χ1v) is 10.2. The van der Waals surface area contributed by atoms with Gasteiger partial charge in [-0.3, -0.25) is 0 Å². The molecule has 7 nitrogen and oxygen atoms in total. The van der Waals surface area contributed by atoms with Gasteiger partial charge in [0.2, 0.25) is 0 Å². The highest BCUT2D eigenvalue weighted by Crippen LogP contribution is 2.24.